The van der Waals surface area contributed by atoms with Gasteiger partial charge >= 0.3 is 0 Å². The van der Waals surface area contributed by atoms with Gasteiger partial charge in [0, 0.05) is 48.5 Å². The van der Waals surface area contributed by atoms with Gasteiger partial charge in [-0.2, -0.15) is 0 Å². The molecule has 1 aromatic rings. The van der Waals surface area contributed by atoms with E-state index < -0.39 is 10.8 Å². The standard InChI is InChI=1S/C13H22N4O2S/c1-10-15-11(12-9-17(2)5-6-19-12)8-13(16-10)14-4-7-20(3)18/h8,12H,4-7,9H2,1-3H3,(H,14,15,16)/t12-,20+/m1/s1. The summed E-state index contributed by atoms with van der Waals surface area (Å²) in [5.41, 5.74) is 0.907. The summed E-state index contributed by atoms with van der Waals surface area (Å²) in [6.07, 6.45) is 1.70. The summed E-state index contributed by atoms with van der Waals surface area (Å²) >= 11 is 0. The molecule has 0 aromatic carbocycles. The van der Waals surface area contributed by atoms with Crippen LogP contribution >= 0.6 is 0 Å². The zero-order chi connectivity index (χ0) is 14.5. The van der Waals surface area contributed by atoms with Gasteiger partial charge in [-0.05, 0) is 14.0 Å². The van der Waals surface area contributed by atoms with E-state index in [2.05, 4.69) is 27.2 Å². The molecule has 1 fully saturated rings. The lowest BCUT2D eigenvalue weighted by Gasteiger charge is -2.29. The van der Waals surface area contributed by atoms with Crippen LogP contribution in [0.2, 0.25) is 0 Å². The lowest BCUT2D eigenvalue weighted by atomic mass is 10.2. The summed E-state index contributed by atoms with van der Waals surface area (Å²) in [4.78, 5) is 11.1. The highest BCUT2D eigenvalue weighted by Crippen LogP contribution is 2.21. The third-order valence-electron chi connectivity index (χ3n) is 3.15. The summed E-state index contributed by atoms with van der Waals surface area (Å²) in [5.74, 6) is 2.11. The van der Waals surface area contributed by atoms with Gasteiger partial charge in [-0.15, -0.1) is 0 Å². The number of aromatic nitrogens is 2. The Labute approximate surface area is 122 Å². The second kappa shape index (κ2) is 7.10. The van der Waals surface area contributed by atoms with Crippen LogP contribution < -0.4 is 5.32 Å². The molecule has 0 amide bonds. The first-order valence-corrected chi connectivity index (χ1v) is 8.47. The molecule has 112 valence electrons. The highest BCUT2D eigenvalue weighted by atomic mass is 32.2. The summed E-state index contributed by atoms with van der Waals surface area (Å²) < 4.78 is 16.8. The van der Waals surface area contributed by atoms with Crippen molar-refractivity contribution in [3.8, 4) is 0 Å². The van der Waals surface area contributed by atoms with Crippen molar-refractivity contribution >= 4 is 16.6 Å². The second-order valence-electron chi connectivity index (χ2n) is 5.05. The quantitative estimate of drug-likeness (QED) is 0.857. The topological polar surface area (TPSA) is 67.4 Å². The van der Waals surface area contributed by atoms with Crippen LogP contribution in [0.5, 0.6) is 0 Å². The summed E-state index contributed by atoms with van der Waals surface area (Å²) in [7, 11) is 1.29. The number of ether oxygens (including phenoxy) is 1. The fourth-order valence-corrected chi connectivity index (χ4v) is 2.52. The molecule has 1 N–H and O–H groups in total. The van der Waals surface area contributed by atoms with Crippen LogP contribution in [0.3, 0.4) is 0 Å². The SMILES string of the molecule is Cc1nc(NCC[S@](C)=O)cc([C@H]2CN(C)CCO2)n1. The maximum Gasteiger partial charge on any atom is 0.130 e. The normalized spacial score (nSPS) is 21.6. The molecule has 0 bridgehead atoms. The molecule has 6 nitrogen and oxygen atoms in total. The van der Waals surface area contributed by atoms with Gasteiger partial charge in [0.05, 0.1) is 12.3 Å². The van der Waals surface area contributed by atoms with Crippen LogP contribution in [0.25, 0.3) is 0 Å². The number of likely N-dealkylation sites (N-methyl/N-ethyl adjacent to an activating group) is 1. The number of morpholine rings is 1. The Morgan fingerprint density at radius 2 is 2.35 bits per heavy atom. The van der Waals surface area contributed by atoms with Crippen molar-refractivity contribution in [2.45, 2.75) is 13.0 Å². The number of nitrogens with zero attached hydrogens (tertiary/aromatic N) is 3. The molecular weight excluding hydrogens is 276 g/mol. The van der Waals surface area contributed by atoms with E-state index in [1.165, 1.54) is 0 Å². The molecule has 0 unspecified atom stereocenters. The third kappa shape index (κ3) is 4.50. The number of anilines is 1. The monoisotopic (exact) mass is 298 g/mol. The molecule has 2 atom stereocenters. The van der Waals surface area contributed by atoms with Crippen LogP contribution in [0, 0.1) is 6.92 Å². The predicted octanol–water partition coefficient (Wildman–Crippen LogP) is 0.579. The smallest absolute Gasteiger partial charge is 0.130 e. The van der Waals surface area contributed by atoms with E-state index in [0.717, 1.165) is 37.0 Å². The molecule has 0 saturated carbocycles. The molecule has 1 aliphatic heterocycles. The minimum atomic E-state index is -0.796. The van der Waals surface area contributed by atoms with Gasteiger partial charge in [0.2, 0.25) is 0 Å². The van der Waals surface area contributed by atoms with Crippen molar-refractivity contribution in [2.75, 3.05) is 50.6 Å². The molecule has 2 rings (SSSR count). The van der Waals surface area contributed by atoms with E-state index >= 15 is 0 Å². The molecule has 0 spiro atoms. The maximum atomic E-state index is 11.1. The fourth-order valence-electron chi connectivity index (χ4n) is 2.13. The van der Waals surface area contributed by atoms with Crippen LogP contribution in [-0.4, -0.2) is 64.4 Å². The van der Waals surface area contributed by atoms with Crippen LogP contribution in [-0.2, 0) is 15.5 Å². The number of nitrogens with one attached hydrogen (secondary N) is 1. The molecule has 0 aliphatic carbocycles. The van der Waals surface area contributed by atoms with Crippen molar-refractivity contribution in [2.24, 2.45) is 0 Å². The minimum Gasteiger partial charge on any atom is -0.369 e. The number of hydrogen-bond acceptors (Lipinski definition) is 6. The summed E-state index contributed by atoms with van der Waals surface area (Å²) in [6, 6.07) is 1.93. The van der Waals surface area contributed by atoms with Gasteiger partial charge in [-0.1, -0.05) is 0 Å². The molecule has 1 saturated heterocycles. The highest BCUT2D eigenvalue weighted by molar-refractivity contribution is 7.84. The highest BCUT2D eigenvalue weighted by Gasteiger charge is 2.21. The van der Waals surface area contributed by atoms with Crippen LogP contribution in [0.1, 0.15) is 17.6 Å². The number of hydrogen-bond donors (Lipinski definition) is 1. The maximum absolute atomic E-state index is 11.1. The fraction of sp³-hybridized carbons (Fsp3) is 0.692. The largest absolute Gasteiger partial charge is 0.369 e. The van der Waals surface area contributed by atoms with Gasteiger partial charge in [0.25, 0.3) is 0 Å². The van der Waals surface area contributed by atoms with Gasteiger partial charge in [0.1, 0.15) is 17.7 Å². The van der Waals surface area contributed by atoms with E-state index in [0.29, 0.717) is 12.3 Å². The minimum absolute atomic E-state index is 0.00342. The van der Waals surface area contributed by atoms with Crippen molar-refractivity contribution in [3.05, 3.63) is 17.6 Å². The van der Waals surface area contributed by atoms with Crippen molar-refractivity contribution in [3.63, 3.8) is 0 Å². The zero-order valence-electron chi connectivity index (χ0n) is 12.3. The Kier molecular flexibility index (Phi) is 5.45. The summed E-state index contributed by atoms with van der Waals surface area (Å²) in [6.45, 7) is 5.04. The van der Waals surface area contributed by atoms with Crippen molar-refractivity contribution in [1.29, 1.82) is 0 Å². The van der Waals surface area contributed by atoms with E-state index in [1.54, 1.807) is 6.26 Å². The number of rotatable bonds is 5. The van der Waals surface area contributed by atoms with Gasteiger partial charge in [-0.3, -0.25) is 4.21 Å². The first kappa shape index (κ1) is 15.3. The predicted molar refractivity (Wildman–Crippen MR) is 80.4 cm³/mol. The molecular formula is C13H22N4O2S. The zero-order valence-corrected chi connectivity index (χ0v) is 13.1. The molecule has 1 aliphatic rings. The Morgan fingerprint density at radius 3 is 3.05 bits per heavy atom. The summed E-state index contributed by atoms with van der Waals surface area (Å²) in [5, 5.41) is 3.19. The van der Waals surface area contributed by atoms with E-state index in [-0.39, 0.29) is 6.10 Å². The first-order valence-electron chi connectivity index (χ1n) is 6.74. The molecule has 7 heteroatoms. The average Bonchev–Trinajstić information content (AvgIpc) is 2.37. The van der Waals surface area contributed by atoms with Gasteiger partial charge < -0.3 is 15.0 Å². The van der Waals surface area contributed by atoms with E-state index in [1.807, 2.05) is 13.0 Å². The Morgan fingerprint density at radius 1 is 1.55 bits per heavy atom. The Hall–Kier alpha value is -1.05. The van der Waals surface area contributed by atoms with E-state index in [4.69, 9.17) is 4.74 Å². The molecule has 2 heterocycles. The third-order valence-corrected chi connectivity index (χ3v) is 3.93. The van der Waals surface area contributed by atoms with Crippen molar-refractivity contribution < 1.29 is 8.95 Å². The van der Waals surface area contributed by atoms with Gasteiger partial charge in [-0.25, -0.2) is 9.97 Å². The average molecular weight is 298 g/mol. The van der Waals surface area contributed by atoms with Crippen LogP contribution in [0.15, 0.2) is 6.07 Å². The molecule has 20 heavy (non-hydrogen) atoms. The lowest BCUT2D eigenvalue weighted by Crippen LogP contribution is -2.35. The van der Waals surface area contributed by atoms with Gasteiger partial charge in [0.15, 0.2) is 0 Å². The lowest BCUT2D eigenvalue weighted by molar-refractivity contribution is -0.0232. The Balaban J connectivity index is 2.05. The Bertz CT molecular complexity index is 483. The molecule has 1 aromatic heterocycles. The van der Waals surface area contributed by atoms with Crippen molar-refractivity contribution in [1.82, 2.24) is 14.9 Å². The first-order chi connectivity index (χ1) is 9.54. The van der Waals surface area contributed by atoms with Crippen LogP contribution in [0.4, 0.5) is 5.82 Å². The van der Waals surface area contributed by atoms with E-state index in [9.17, 15) is 4.21 Å². The number of aryl methyl sites for hydroxylation is 1. The molecule has 0 radical (unpaired) electrons. The second-order valence-corrected chi connectivity index (χ2v) is 6.61.